The minimum Gasteiger partial charge on any atom is -0.486 e. The van der Waals surface area contributed by atoms with Gasteiger partial charge in [-0.15, -0.1) is 0 Å². The highest BCUT2D eigenvalue weighted by Crippen LogP contribution is 2.36. The highest BCUT2D eigenvalue weighted by Gasteiger charge is 2.14. The van der Waals surface area contributed by atoms with E-state index in [1.165, 1.54) is 0 Å². The highest BCUT2D eigenvalue weighted by molar-refractivity contribution is 5.94. The number of nitrogens with one attached hydrogen (secondary N) is 1. The molecule has 0 fully saturated rings. The van der Waals surface area contributed by atoms with Crippen molar-refractivity contribution in [3.63, 3.8) is 0 Å². The van der Waals surface area contributed by atoms with Gasteiger partial charge in [0.05, 0.1) is 12.7 Å². The van der Waals surface area contributed by atoms with Crippen LogP contribution in [-0.4, -0.2) is 23.4 Å². The van der Waals surface area contributed by atoms with E-state index in [-0.39, 0.29) is 0 Å². The second kappa shape index (κ2) is 4.97. The van der Waals surface area contributed by atoms with Crippen molar-refractivity contribution >= 4 is 16.6 Å². The first-order chi connectivity index (χ1) is 10.4. The molecule has 1 aromatic carbocycles. The molecule has 6 heteroatoms. The van der Waals surface area contributed by atoms with Crippen LogP contribution in [-0.2, 0) is 6.54 Å². The summed E-state index contributed by atoms with van der Waals surface area (Å²) in [6, 6.07) is 7.70. The van der Waals surface area contributed by atoms with Gasteiger partial charge in [-0.2, -0.15) is 0 Å². The highest BCUT2D eigenvalue weighted by atomic mass is 16.6. The topological polar surface area (TPSA) is 69.4 Å². The predicted octanol–water partition coefficient (Wildman–Crippen LogP) is 2.61. The Kier molecular flexibility index (Phi) is 2.85. The Balaban J connectivity index is 1.71. The van der Waals surface area contributed by atoms with E-state index in [0.29, 0.717) is 19.8 Å². The monoisotopic (exact) mass is 283 g/mol. The predicted molar refractivity (Wildman–Crippen MR) is 76.6 cm³/mol. The first-order valence-electron chi connectivity index (χ1n) is 6.72. The van der Waals surface area contributed by atoms with E-state index in [1.54, 1.807) is 12.4 Å². The smallest absolute Gasteiger partial charge is 0.162 e. The SMILES string of the molecule is c1cc(CNc2nccc3cc4c(cc23)OCCO4)on1. The van der Waals surface area contributed by atoms with Crippen LogP contribution in [0.4, 0.5) is 5.82 Å². The quantitative estimate of drug-likeness (QED) is 0.796. The van der Waals surface area contributed by atoms with Crippen LogP contribution in [0.2, 0.25) is 0 Å². The van der Waals surface area contributed by atoms with Gasteiger partial charge in [0.2, 0.25) is 0 Å². The maximum absolute atomic E-state index is 5.63. The Labute approximate surface area is 120 Å². The maximum atomic E-state index is 5.63. The number of aromatic nitrogens is 2. The summed E-state index contributed by atoms with van der Waals surface area (Å²) in [5, 5.41) is 8.98. The first kappa shape index (κ1) is 12.0. The summed E-state index contributed by atoms with van der Waals surface area (Å²) in [5.41, 5.74) is 0. The summed E-state index contributed by atoms with van der Waals surface area (Å²) in [4.78, 5) is 4.39. The van der Waals surface area contributed by atoms with E-state index in [9.17, 15) is 0 Å². The van der Waals surface area contributed by atoms with Crippen molar-refractivity contribution in [3.8, 4) is 11.5 Å². The molecule has 3 aromatic rings. The minimum absolute atomic E-state index is 0.528. The average molecular weight is 283 g/mol. The van der Waals surface area contributed by atoms with Gasteiger partial charge in [0.25, 0.3) is 0 Å². The van der Waals surface area contributed by atoms with Crippen LogP contribution in [0.15, 0.2) is 41.2 Å². The molecule has 6 nitrogen and oxygen atoms in total. The van der Waals surface area contributed by atoms with Gasteiger partial charge in [-0.1, -0.05) is 5.16 Å². The van der Waals surface area contributed by atoms with Gasteiger partial charge in [0, 0.05) is 17.6 Å². The van der Waals surface area contributed by atoms with Crippen LogP contribution in [0.25, 0.3) is 10.8 Å². The van der Waals surface area contributed by atoms with Crippen molar-refractivity contribution in [1.29, 1.82) is 0 Å². The molecule has 0 atom stereocenters. The fraction of sp³-hybridized carbons (Fsp3) is 0.200. The molecule has 106 valence electrons. The van der Waals surface area contributed by atoms with Gasteiger partial charge in [-0.05, 0) is 23.6 Å². The van der Waals surface area contributed by atoms with Crippen molar-refractivity contribution in [1.82, 2.24) is 10.1 Å². The van der Waals surface area contributed by atoms with Gasteiger partial charge in [-0.25, -0.2) is 4.98 Å². The zero-order valence-electron chi connectivity index (χ0n) is 11.2. The number of hydrogen-bond acceptors (Lipinski definition) is 6. The molecule has 0 unspecified atom stereocenters. The molecule has 0 saturated carbocycles. The van der Waals surface area contributed by atoms with Crippen LogP contribution in [0.3, 0.4) is 0 Å². The molecule has 0 amide bonds. The Morgan fingerprint density at radius 1 is 1.05 bits per heavy atom. The summed E-state index contributed by atoms with van der Waals surface area (Å²) >= 11 is 0. The Bertz CT molecular complexity index is 771. The van der Waals surface area contributed by atoms with E-state index in [2.05, 4.69) is 15.5 Å². The van der Waals surface area contributed by atoms with Gasteiger partial charge in [0.1, 0.15) is 19.0 Å². The number of benzene rings is 1. The Hall–Kier alpha value is -2.76. The fourth-order valence-corrected chi connectivity index (χ4v) is 2.35. The Morgan fingerprint density at radius 3 is 2.71 bits per heavy atom. The standard InChI is InChI=1S/C15H13N3O3/c1-3-16-15(17-9-11-2-4-18-21-11)12-8-14-13(7-10(1)12)19-5-6-20-14/h1-4,7-8H,5-6,9H2,(H,16,17). The van der Waals surface area contributed by atoms with E-state index < -0.39 is 0 Å². The lowest BCUT2D eigenvalue weighted by atomic mass is 10.1. The van der Waals surface area contributed by atoms with Gasteiger partial charge < -0.3 is 19.3 Å². The normalized spacial score (nSPS) is 13.3. The molecule has 0 aliphatic carbocycles. The number of fused-ring (bicyclic) bond motifs is 2. The molecule has 0 spiro atoms. The Morgan fingerprint density at radius 2 is 1.90 bits per heavy atom. The molecule has 21 heavy (non-hydrogen) atoms. The minimum atomic E-state index is 0.528. The summed E-state index contributed by atoms with van der Waals surface area (Å²) in [6.45, 7) is 1.68. The van der Waals surface area contributed by atoms with Crippen LogP contribution in [0.1, 0.15) is 5.76 Å². The van der Waals surface area contributed by atoms with E-state index in [0.717, 1.165) is 33.8 Å². The number of nitrogens with zero attached hydrogens (tertiary/aromatic N) is 2. The van der Waals surface area contributed by atoms with Crippen molar-refractivity contribution in [2.45, 2.75) is 6.54 Å². The van der Waals surface area contributed by atoms with Crippen molar-refractivity contribution in [2.24, 2.45) is 0 Å². The average Bonchev–Trinajstić information content (AvgIpc) is 3.04. The number of anilines is 1. The van der Waals surface area contributed by atoms with Gasteiger partial charge in [-0.3, -0.25) is 0 Å². The van der Waals surface area contributed by atoms with E-state index in [4.69, 9.17) is 14.0 Å². The molecule has 0 bridgehead atoms. The zero-order chi connectivity index (χ0) is 14.1. The lowest BCUT2D eigenvalue weighted by molar-refractivity contribution is 0.172. The molecular formula is C15H13N3O3. The van der Waals surface area contributed by atoms with Gasteiger partial charge >= 0.3 is 0 Å². The second-order valence-corrected chi connectivity index (χ2v) is 4.71. The molecule has 1 aliphatic heterocycles. The van der Waals surface area contributed by atoms with Crippen LogP contribution in [0, 0.1) is 0 Å². The first-order valence-corrected chi connectivity index (χ1v) is 6.72. The van der Waals surface area contributed by atoms with Crippen LogP contribution in [0.5, 0.6) is 11.5 Å². The molecule has 0 radical (unpaired) electrons. The number of ether oxygens (including phenoxy) is 2. The van der Waals surface area contributed by atoms with Crippen molar-refractivity contribution in [3.05, 3.63) is 42.4 Å². The number of rotatable bonds is 3. The molecule has 0 saturated heterocycles. The number of pyridine rings is 1. The zero-order valence-corrected chi connectivity index (χ0v) is 11.2. The molecular weight excluding hydrogens is 270 g/mol. The van der Waals surface area contributed by atoms with Crippen LogP contribution < -0.4 is 14.8 Å². The molecule has 1 N–H and O–H groups in total. The lowest BCUT2D eigenvalue weighted by Crippen LogP contribution is -2.15. The fourth-order valence-electron chi connectivity index (χ4n) is 2.35. The third-order valence-corrected chi connectivity index (χ3v) is 3.35. The summed E-state index contributed by atoms with van der Waals surface area (Å²) in [7, 11) is 0. The number of hydrogen-bond donors (Lipinski definition) is 1. The lowest BCUT2D eigenvalue weighted by Gasteiger charge is -2.19. The molecule has 3 heterocycles. The molecule has 4 rings (SSSR count). The third kappa shape index (κ3) is 2.24. The molecule has 2 aromatic heterocycles. The summed E-state index contributed by atoms with van der Waals surface area (Å²) < 4.78 is 16.3. The second-order valence-electron chi connectivity index (χ2n) is 4.71. The van der Waals surface area contributed by atoms with Gasteiger partial charge in [0.15, 0.2) is 17.3 Å². The summed E-state index contributed by atoms with van der Waals surface area (Å²) in [6.07, 6.45) is 3.39. The van der Waals surface area contributed by atoms with Crippen molar-refractivity contribution in [2.75, 3.05) is 18.5 Å². The maximum Gasteiger partial charge on any atom is 0.162 e. The third-order valence-electron chi connectivity index (χ3n) is 3.35. The largest absolute Gasteiger partial charge is 0.486 e. The van der Waals surface area contributed by atoms with Crippen molar-refractivity contribution < 1.29 is 14.0 Å². The van der Waals surface area contributed by atoms with E-state index in [1.807, 2.05) is 24.3 Å². The summed E-state index contributed by atoms with van der Waals surface area (Å²) in [5.74, 6) is 3.07. The molecule has 1 aliphatic rings. The van der Waals surface area contributed by atoms with Crippen LogP contribution >= 0.6 is 0 Å². The van der Waals surface area contributed by atoms with E-state index >= 15 is 0 Å².